The average Bonchev–Trinajstić information content (AvgIpc) is 2.80. The summed E-state index contributed by atoms with van der Waals surface area (Å²) in [6.45, 7) is 0.671. The molecule has 0 saturated heterocycles. The van der Waals surface area contributed by atoms with Crippen molar-refractivity contribution in [3.8, 4) is 0 Å². The molecule has 1 heterocycles. The van der Waals surface area contributed by atoms with E-state index in [1.54, 1.807) is 17.4 Å². The molecule has 0 radical (unpaired) electrons. The average molecular weight is 266 g/mol. The number of anilines is 1. The Kier molecular flexibility index (Phi) is 3.71. The van der Waals surface area contributed by atoms with Crippen LogP contribution in [0.25, 0.3) is 0 Å². The normalized spacial score (nSPS) is 10.2. The van der Waals surface area contributed by atoms with Crippen LogP contribution in [0.1, 0.15) is 11.1 Å². The van der Waals surface area contributed by atoms with E-state index in [1.165, 1.54) is 17.7 Å². The first-order chi connectivity index (χ1) is 8.16. The number of nitrogens with one attached hydrogen (secondary N) is 1. The van der Waals surface area contributed by atoms with Gasteiger partial charge in [-0.2, -0.15) is 11.3 Å². The van der Waals surface area contributed by atoms with Crippen LogP contribution in [0.4, 0.5) is 10.1 Å². The predicted octanol–water partition coefficient (Wildman–Crippen LogP) is 3.13. The number of thiocarbonyl (C=S) groups is 1. The summed E-state index contributed by atoms with van der Waals surface area (Å²) in [4.78, 5) is 0.192. The molecule has 5 heteroatoms. The Bertz CT molecular complexity index is 523. The van der Waals surface area contributed by atoms with Gasteiger partial charge in [-0.15, -0.1) is 0 Å². The lowest BCUT2D eigenvalue weighted by Crippen LogP contribution is -2.13. The van der Waals surface area contributed by atoms with E-state index >= 15 is 0 Å². The highest BCUT2D eigenvalue weighted by molar-refractivity contribution is 7.80. The molecule has 0 aliphatic rings. The van der Waals surface area contributed by atoms with E-state index < -0.39 is 0 Å². The van der Waals surface area contributed by atoms with E-state index in [0.717, 1.165) is 5.69 Å². The van der Waals surface area contributed by atoms with Crippen molar-refractivity contribution in [2.45, 2.75) is 6.54 Å². The summed E-state index contributed by atoms with van der Waals surface area (Å²) in [6.07, 6.45) is 0. The van der Waals surface area contributed by atoms with Gasteiger partial charge in [0.2, 0.25) is 0 Å². The largest absolute Gasteiger partial charge is 0.389 e. The van der Waals surface area contributed by atoms with Gasteiger partial charge < -0.3 is 11.1 Å². The lowest BCUT2D eigenvalue weighted by Gasteiger charge is -2.10. The topological polar surface area (TPSA) is 38.0 Å². The van der Waals surface area contributed by atoms with E-state index in [-0.39, 0.29) is 10.8 Å². The van der Waals surface area contributed by atoms with Gasteiger partial charge in [-0.3, -0.25) is 0 Å². The summed E-state index contributed by atoms with van der Waals surface area (Å²) in [6, 6.07) is 6.41. The number of nitrogens with two attached hydrogens (primary N) is 1. The molecule has 0 amide bonds. The van der Waals surface area contributed by atoms with Crippen LogP contribution in [0.15, 0.2) is 35.0 Å². The number of halogens is 1. The minimum Gasteiger partial charge on any atom is -0.389 e. The second-order valence-electron chi connectivity index (χ2n) is 3.54. The minimum atomic E-state index is -0.339. The first kappa shape index (κ1) is 12.0. The third-order valence-corrected chi connectivity index (χ3v) is 3.26. The van der Waals surface area contributed by atoms with E-state index in [9.17, 15) is 4.39 Å². The number of rotatable bonds is 4. The zero-order valence-electron chi connectivity index (χ0n) is 8.94. The van der Waals surface area contributed by atoms with Crippen LogP contribution in [0.5, 0.6) is 0 Å². The molecule has 1 aromatic heterocycles. The molecule has 2 aromatic rings. The molecule has 0 aliphatic carbocycles. The van der Waals surface area contributed by atoms with Gasteiger partial charge in [0.05, 0.1) is 0 Å². The van der Waals surface area contributed by atoms with Crippen molar-refractivity contribution in [1.82, 2.24) is 0 Å². The van der Waals surface area contributed by atoms with Gasteiger partial charge in [0, 0.05) is 17.8 Å². The maximum Gasteiger partial charge on any atom is 0.124 e. The molecule has 3 N–H and O–H groups in total. The molecule has 1 aromatic carbocycles. The minimum absolute atomic E-state index is 0.192. The molecule has 0 spiro atoms. The molecule has 2 nitrogen and oxygen atoms in total. The van der Waals surface area contributed by atoms with Crippen LogP contribution in [-0.4, -0.2) is 4.99 Å². The van der Waals surface area contributed by atoms with Crippen molar-refractivity contribution in [2.75, 3.05) is 5.32 Å². The highest BCUT2D eigenvalue weighted by atomic mass is 32.1. The fraction of sp³-hybridized carbons (Fsp3) is 0.0833. The number of benzene rings is 1. The van der Waals surface area contributed by atoms with Gasteiger partial charge in [-0.1, -0.05) is 12.2 Å². The van der Waals surface area contributed by atoms with E-state index in [2.05, 4.69) is 10.7 Å². The summed E-state index contributed by atoms with van der Waals surface area (Å²) >= 11 is 6.53. The quantitative estimate of drug-likeness (QED) is 0.835. The van der Waals surface area contributed by atoms with Gasteiger partial charge >= 0.3 is 0 Å². The molecular weight excluding hydrogens is 255 g/mol. The standard InChI is InChI=1S/C12H11FN2S2/c13-9-1-2-11(10(5-9)12(14)16)15-6-8-3-4-17-7-8/h1-5,7,15H,6H2,(H2,14,16). The van der Waals surface area contributed by atoms with Crippen LogP contribution in [0.3, 0.4) is 0 Å². The molecule has 0 aliphatic heterocycles. The summed E-state index contributed by atoms with van der Waals surface area (Å²) in [5.74, 6) is -0.339. The number of hydrogen-bond acceptors (Lipinski definition) is 3. The van der Waals surface area contributed by atoms with Crippen molar-refractivity contribution in [2.24, 2.45) is 5.73 Å². The Morgan fingerprint density at radius 2 is 2.24 bits per heavy atom. The first-order valence-corrected chi connectivity index (χ1v) is 6.36. The molecule has 0 unspecified atom stereocenters. The molecule has 0 saturated carbocycles. The van der Waals surface area contributed by atoms with Crippen molar-refractivity contribution in [3.63, 3.8) is 0 Å². The molecule has 0 bridgehead atoms. The van der Waals surface area contributed by atoms with Crippen LogP contribution < -0.4 is 11.1 Å². The number of hydrogen-bond donors (Lipinski definition) is 2. The van der Waals surface area contributed by atoms with Gasteiger partial charge in [-0.05, 0) is 40.6 Å². The Morgan fingerprint density at radius 1 is 1.41 bits per heavy atom. The van der Waals surface area contributed by atoms with Crippen molar-refractivity contribution < 1.29 is 4.39 Å². The van der Waals surface area contributed by atoms with Gasteiger partial charge in [0.25, 0.3) is 0 Å². The zero-order chi connectivity index (χ0) is 12.3. The molecule has 17 heavy (non-hydrogen) atoms. The molecular formula is C12H11FN2S2. The summed E-state index contributed by atoms with van der Waals surface area (Å²) in [5.41, 5.74) is 8.03. The Morgan fingerprint density at radius 3 is 2.88 bits per heavy atom. The predicted molar refractivity (Wildman–Crippen MR) is 73.9 cm³/mol. The maximum atomic E-state index is 13.1. The van der Waals surface area contributed by atoms with Crippen molar-refractivity contribution in [1.29, 1.82) is 0 Å². The SMILES string of the molecule is NC(=S)c1cc(F)ccc1NCc1ccsc1. The lowest BCUT2D eigenvalue weighted by atomic mass is 10.1. The summed E-state index contributed by atoms with van der Waals surface area (Å²) in [5, 5.41) is 7.26. The monoisotopic (exact) mass is 266 g/mol. The second kappa shape index (κ2) is 5.25. The van der Waals surface area contributed by atoms with Gasteiger partial charge in [0.1, 0.15) is 10.8 Å². The molecule has 0 fully saturated rings. The smallest absolute Gasteiger partial charge is 0.124 e. The first-order valence-electron chi connectivity index (χ1n) is 5.01. The third-order valence-electron chi connectivity index (χ3n) is 2.31. The van der Waals surface area contributed by atoms with E-state index in [0.29, 0.717) is 12.1 Å². The Balaban J connectivity index is 2.17. The number of thiophene rings is 1. The fourth-order valence-electron chi connectivity index (χ4n) is 1.47. The highest BCUT2D eigenvalue weighted by Gasteiger charge is 2.06. The maximum absolute atomic E-state index is 13.1. The van der Waals surface area contributed by atoms with Crippen molar-refractivity contribution >= 4 is 34.2 Å². The van der Waals surface area contributed by atoms with Crippen LogP contribution in [0, 0.1) is 5.82 Å². The molecule has 0 atom stereocenters. The van der Waals surface area contributed by atoms with Gasteiger partial charge in [0.15, 0.2) is 0 Å². The highest BCUT2D eigenvalue weighted by Crippen LogP contribution is 2.18. The van der Waals surface area contributed by atoms with Crippen LogP contribution >= 0.6 is 23.6 Å². The van der Waals surface area contributed by atoms with Crippen LogP contribution in [0.2, 0.25) is 0 Å². The Labute approximate surface area is 108 Å². The van der Waals surface area contributed by atoms with Crippen LogP contribution in [-0.2, 0) is 6.54 Å². The third kappa shape index (κ3) is 3.01. The van der Waals surface area contributed by atoms with Gasteiger partial charge in [-0.25, -0.2) is 4.39 Å². The molecule has 2 rings (SSSR count). The zero-order valence-corrected chi connectivity index (χ0v) is 10.6. The summed E-state index contributed by atoms with van der Waals surface area (Å²) < 4.78 is 13.1. The molecule has 88 valence electrons. The van der Waals surface area contributed by atoms with E-state index in [4.69, 9.17) is 18.0 Å². The second-order valence-corrected chi connectivity index (χ2v) is 4.76. The van der Waals surface area contributed by atoms with E-state index in [1.807, 2.05) is 11.4 Å². The fourth-order valence-corrected chi connectivity index (χ4v) is 2.30. The Hall–Kier alpha value is -1.46. The van der Waals surface area contributed by atoms with Crippen molar-refractivity contribution in [3.05, 3.63) is 52.0 Å². The lowest BCUT2D eigenvalue weighted by molar-refractivity contribution is 0.627. The summed E-state index contributed by atoms with van der Waals surface area (Å²) in [7, 11) is 0.